The highest BCUT2D eigenvalue weighted by Gasteiger charge is 2.31. The van der Waals surface area contributed by atoms with Gasteiger partial charge in [-0.2, -0.15) is 0 Å². The Balaban J connectivity index is 1.66. The standard InChI is InChI=1S/C20H26N4O2S/c1-24(17-11-12-27(25,26)14-17)19-13-18(21-16-9-5-6-10-16)22-20(23-19)15-7-3-2-4-8-15/h2-4,7-8,13,16-17H,5-6,9-12,14H2,1H3,(H,21,22,23). The molecule has 0 spiro atoms. The molecule has 7 heteroatoms. The molecular weight excluding hydrogens is 360 g/mol. The van der Waals surface area contributed by atoms with Gasteiger partial charge in [-0.1, -0.05) is 43.2 Å². The summed E-state index contributed by atoms with van der Waals surface area (Å²) in [4.78, 5) is 11.5. The first-order valence-electron chi connectivity index (χ1n) is 9.64. The van der Waals surface area contributed by atoms with Crippen molar-refractivity contribution in [3.63, 3.8) is 0 Å². The molecule has 4 rings (SSSR count). The average molecular weight is 387 g/mol. The lowest BCUT2D eigenvalue weighted by atomic mass is 10.2. The fourth-order valence-corrected chi connectivity index (χ4v) is 5.73. The minimum Gasteiger partial charge on any atom is -0.367 e. The van der Waals surface area contributed by atoms with Crippen molar-refractivity contribution in [3.05, 3.63) is 36.4 Å². The predicted molar refractivity (Wildman–Crippen MR) is 109 cm³/mol. The summed E-state index contributed by atoms with van der Waals surface area (Å²) < 4.78 is 23.8. The summed E-state index contributed by atoms with van der Waals surface area (Å²) >= 11 is 0. The van der Waals surface area contributed by atoms with Crippen LogP contribution in [0.3, 0.4) is 0 Å². The Hall–Kier alpha value is -2.15. The third kappa shape index (κ3) is 4.24. The number of anilines is 2. The molecule has 6 nitrogen and oxygen atoms in total. The topological polar surface area (TPSA) is 75.2 Å². The van der Waals surface area contributed by atoms with E-state index < -0.39 is 9.84 Å². The van der Waals surface area contributed by atoms with Gasteiger partial charge >= 0.3 is 0 Å². The zero-order chi connectivity index (χ0) is 18.9. The van der Waals surface area contributed by atoms with Gasteiger partial charge in [-0.25, -0.2) is 18.4 Å². The molecule has 1 aliphatic heterocycles. The normalized spacial score (nSPS) is 22.0. The number of aromatic nitrogens is 2. The van der Waals surface area contributed by atoms with E-state index in [0.29, 0.717) is 18.3 Å². The van der Waals surface area contributed by atoms with Gasteiger partial charge in [-0.3, -0.25) is 0 Å². The molecule has 0 radical (unpaired) electrons. The second kappa shape index (κ2) is 7.46. The van der Waals surface area contributed by atoms with Crippen LogP contribution in [0.15, 0.2) is 36.4 Å². The third-order valence-electron chi connectivity index (χ3n) is 5.57. The number of benzene rings is 1. The molecule has 144 valence electrons. The van der Waals surface area contributed by atoms with Gasteiger partial charge in [-0.15, -0.1) is 0 Å². The number of hydrogen-bond donors (Lipinski definition) is 1. The molecule has 1 saturated carbocycles. The number of nitrogens with zero attached hydrogens (tertiary/aromatic N) is 3. The van der Waals surface area contributed by atoms with Gasteiger partial charge in [0, 0.05) is 30.8 Å². The summed E-state index contributed by atoms with van der Waals surface area (Å²) in [5, 5.41) is 3.56. The van der Waals surface area contributed by atoms with Gasteiger partial charge in [0.1, 0.15) is 11.6 Å². The van der Waals surface area contributed by atoms with Crippen LogP contribution in [0, 0.1) is 0 Å². The van der Waals surface area contributed by atoms with Gasteiger partial charge in [0.25, 0.3) is 0 Å². The maximum atomic E-state index is 11.9. The summed E-state index contributed by atoms with van der Waals surface area (Å²) in [7, 11) is -1.01. The SMILES string of the molecule is CN(c1cc(NC2CCCC2)nc(-c2ccccc2)n1)C1CCS(=O)(=O)C1. The lowest BCUT2D eigenvalue weighted by molar-refractivity contribution is 0.600. The van der Waals surface area contributed by atoms with Gasteiger partial charge in [-0.05, 0) is 19.3 Å². The van der Waals surface area contributed by atoms with E-state index in [-0.39, 0.29) is 17.5 Å². The molecule has 1 unspecified atom stereocenters. The van der Waals surface area contributed by atoms with Crippen LogP contribution in [0.5, 0.6) is 0 Å². The van der Waals surface area contributed by atoms with Crippen LogP contribution >= 0.6 is 0 Å². The molecule has 1 aliphatic carbocycles. The lowest BCUT2D eigenvalue weighted by Crippen LogP contribution is -2.33. The Morgan fingerprint density at radius 1 is 1.07 bits per heavy atom. The van der Waals surface area contributed by atoms with Crippen molar-refractivity contribution in [3.8, 4) is 11.4 Å². The Morgan fingerprint density at radius 3 is 2.48 bits per heavy atom. The molecular formula is C20H26N4O2S. The van der Waals surface area contributed by atoms with E-state index in [0.717, 1.165) is 30.0 Å². The maximum absolute atomic E-state index is 11.9. The lowest BCUT2D eigenvalue weighted by Gasteiger charge is -2.25. The van der Waals surface area contributed by atoms with Crippen LogP contribution in [0.4, 0.5) is 11.6 Å². The number of sulfone groups is 1. The second-order valence-electron chi connectivity index (χ2n) is 7.59. The molecule has 1 saturated heterocycles. The van der Waals surface area contributed by atoms with Gasteiger partial charge in [0.2, 0.25) is 0 Å². The van der Waals surface area contributed by atoms with Crippen molar-refractivity contribution in [2.75, 3.05) is 28.8 Å². The van der Waals surface area contributed by atoms with Crippen molar-refractivity contribution in [1.82, 2.24) is 9.97 Å². The molecule has 1 N–H and O–H groups in total. The van der Waals surface area contributed by atoms with Crippen LogP contribution in [-0.2, 0) is 9.84 Å². The summed E-state index contributed by atoms with van der Waals surface area (Å²) in [6.07, 6.45) is 5.48. The Labute approximate surface area is 161 Å². The van der Waals surface area contributed by atoms with Gasteiger partial charge < -0.3 is 10.2 Å². The second-order valence-corrected chi connectivity index (χ2v) is 9.82. The highest BCUT2D eigenvalue weighted by molar-refractivity contribution is 7.91. The first-order valence-corrected chi connectivity index (χ1v) is 11.5. The van der Waals surface area contributed by atoms with Gasteiger partial charge in [0.05, 0.1) is 11.5 Å². The van der Waals surface area contributed by atoms with Crippen LogP contribution in [-0.4, -0.2) is 49.0 Å². The fourth-order valence-electron chi connectivity index (χ4n) is 3.95. The minimum absolute atomic E-state index is 0.0344. The first kappa shape index (κ1) is 18.2. The molecule has 2 aliphatic rings. The number of rotatable bonds is 5. The molecule has 2 fully saturated rings. The molecule has 2 aromatic rings. The minimum atomic E-state index is -2.94. The predicted octanol–water partition coefficient (Wildman–Crippen LogP) is 3.12. The van der Waals surface area contributed by atoms with E-state index in [1.165, 1.54) is 12.8 Å². The largest absolute Gasteiger partial charge is 0.367 e. The van der Waals surface area contributed by atoms with Crippen molar-refractivity contribution in [2.24, 2.45) is 0 Å². The van der Waals surface area contributed by atoms with Crippen LogP contribution < -0.4 is 10.2 Å². The molecule has 2 heterocycles. The van der Waals surface area contributed by atoms with Crippen LogP contribution in [0.2, 0.25) is 0 Å². The highest BCUT2D eigenvalue weighted by atomic mass is 32.2. The Morgan fingerprint density at radius 2 is 1.81 bits per heavy atom. The quantitative estimate of drug-likeness (QED) is 0.851. The number of hydrogen-bond acceptors (Lipinski definition) is 6. The summed E-state index contributed by atoms with van der Waals surface area (Å²) in [5.74, 6) is 2.71. The average Bonchev–Trinajstić information content (AvgIpc) is 3.30. The van der Waals surface area contributed by atoms with Crippen molar-refractivity contribution < 1.29 is 8.42 Å². The van der Waals surface area contributed by atoms with E-state index >= 15 is 0 Å². The number of nitrogens with one attached hydrogen (secondary N) is 1. The third-order valence-corrected chi connectivity index (χ3v) is 7.32. The van der Waals surface area contributed by atoms with E-state index in [2.05, 4.69) is 5.32 Å². The summed E-state index contributed by atoms with van der Waals surface area (Å²) in [6, 6.07) is 12.3. The zero-order valence-corrected chi connectivity index (χ0v) is 16.5. The molecule has 1 aromatic carbocycles. The van der Waals surface area contributed by atoms with E-state index in [1.807, 2.05) is 48.3 Å². The van der Waals surface area contributed by atoms with Crippen LogP contribution in [0.25, 0.3) is 11.4 Å². The summed E-state index contributed by atoms with van der Waals surface area (Å²) in [5.41, 5.74) is 0.960. The Kier molecular flexibility index (Phi) is 5.04. The van der Waals surface area contributed by atoms with Crippen molar-refractivity contribution in [1.29, 1.82) is 0 Å². The van der Waals surface area contributed by atoms with Crippen molar-refractivity contribution in [2.45, 2.75) is 44.2 Å². The fraction of sp³-hybridized carbons (Fsp3) is 0.500. The maximum Gasteiger partial charge on any atom is 0.163 e. The van der Waals surface area contributed by atoms with Gasteiger partial charge in [0.15, 0.2) is 15.7 Å². The zero-order valence-electron chi connectivity index (χ0n) is 15.6. The summed E-state index contributed by atoms with van der Waals surface area (Å²) in [6.45, 7) is 0. The smallest absolute Gasteiger partial charge is 0.163 e. The first-order chi connectivity index (χ1) is 13.0. The molecule has 1 aromatic heterocycles. The highest BCUT2D eigenvalue weighted by Crippen LogP contribution is 2.28. The molecule has 0 bridgehead atoms. The van der Waals surface area contributed by atoms with E-state index in [9.17, 15) is 8.42 Å². The van der Waals surface area contributed by atoms with E-state index in [1.54, 1.807) is 0 Å². The molecule has 1 atom stereocenters. The van der Waals surface area contributed by atoms with Crippen LogP contribution in [0.1, 0.15) is 32.1 Å². The molecule has 0 amide bonds. The van der Waals surface area contributed by atoms with Crippen molar-refractivity contribution >= 4 is 21.5 Å². The monoisotopic (exact) mass is 386 g/mol. The van der Waals surface area contributed by atoms with E-state index in [4.69, 9.17) is 9.97 Å². The Bertz CT molecular complexity index is 895. The molecule has 27 heavy (non-hydrogen) atoms.